The normalized spacial score (nSPS) is 19.0. The lowest BCUT2D eigenvalue weighted by Gasteiger charge is -2.43. The predicted octanol–water partition coefficient (Wildman–Crippen LogP) is 4.25. The van der Waals surface area contributed by atoms with E-state index in [-0.39, 0.29) is 11.8 Å². The smallest absolute Gasteiger partial charge is 0.228 e. The van der Waals surface area contributed by atoms with Crippen molar-refractivity contribution in [1.82, 2.24) is 15.2 Å². The Morgan fingerprint density at radius 2 is 2.00 bits per heavy atom. The van der Waals surface area contributed by atoms with Crippen molar-refractivity contribution in [3.63, 3.8) is 0 Å². The Balaban J connectivity index is 1.92. The second-order valence-electron chi connectivity index (χ2n) is 9.48. The highest BCUT2D eigenvalue weighted by Crippen LogP contribution is 2.36. The maximum absolute atomic E-state index is 13.3. The van der Waals surface area contributed by atoms with Gasteiger partial charge in [-0.15, -0.1) is 6.58 Å². The number of hydrogen-bond acceptors (Lipinski definition) is 3. The summed E-state index contributed by atoms with van der Waals surface area (Å²) in [4.78, 5) is 32.4. The first-order valence-corrected chi connectivity index (χ1v) is 10.9. The fourth-order valence-electron chi connectivity index (χ4n) is 4.33. The Morgan fingerprint density at radius 3 is 2.68 bits per heavy atom. The zero-order valence-electron chi connectivity index (χ0n) is 18.9. The number of rotatable bonds is 6. The van der Waals surface area contributed by atoms with Crippen LogP contribution in [0.5, 0.6) is 0 Å². The van der Waals surface area contributed by atoms with Crippen molar-refractivity contribution in [3.05, 3.63) is 67.0 Å². The first kappa shape index (κ1) is 22.7. The average Bonchev–Trinajstić information content (AvgIpc) is 2.77. The molecule has 1 fully saturated rings. The van der Waals surface area contributed by atoms with E-state index in [0.29, 0.717) is 26.1 Å². The van der Waals surface area contributed by atoms with E-state index in [1.807, 2.05) is 50.1 Å². The molecule has 2 amide bonds. The molecular weight excluding hydrogens is 386 g/mol. The number of carbonyl (C=O) groups excluding carboxylic acids is 2. The van der Waals surface area contributed by atoms with E-state index in [1.54, 1.807) is 12.3 Å². The summed E-state index contributed by atoms with van der Waals surface area (Å²) >= 11 is 0. The Hall–Kier alpha value is -2.95. The summed E-state index contributed by atoms with van der Waals surface area (Å²) in [7, 11) is 0. The molecule has 31 heavy (non-hydrogen) atoms. The van der Waals surface area contributed by atoms with Gasteiger partial charge in [-0.05, 0) is 42.0 Å². The molecule has 0 bridgehead atoms. The molecule has 2 heterocycles. The Labute approximate surface area is 185 Å². The van der Waals surface area contributed by atoms with Crippen LogP contribution in [0.3, 0.4) is 0 Å². The molecule has 2 aromatic rings. The van der Waals surface area contributed by atoms with Gasteiger partial charge in [0.05, 0.1) is 5.41 Å². The molecule has 0 aliphatic carbocycles. The largest absolute Gasteiger partial charge is 0.352 e. The highest BCUT2D eigenvalue weighted by Gasteiger charge is 2.44. The van der Waals surface area contributed by atoms with E-state index in [0.717, 1.165) is 29.5 Å². The first-order valence-electron chi connectivity index (χ1n) is 10.9. The molecule has 1 aliphatic rings. The molecule has 0 radical (unpaired) electrons. The number of piperidine rings is 1. The van der Waals surface area contributed by atoms with Crippen LogP contribution in [-0.2, 0) is 16.0 Å². The third kappa shape index (κ3) is 5.40. The summed E-state index contributed by atoms with van der Waals surface area (Å²) in [5.74, 6) is 0.0859. The maximum atomic E-state index is 13.3. The topological polar surface area (TPSA) is 62.3 Å². The van der Waals surface area contributed by atoms with Crippen LogP contribution in [0.25, 0.3) is 11.1 Å². The average molecular weight is 420 g/mol. The second-order valence-corrected chi connectivity index (χ2v) is 9.48. The lowest BCUT2D eigenvalue weighted by atomic mass is 9.73. The van der Waals surface area contributed by atoms with Crippen LogP contribution in [0.2, 0.25) is 0 Å². The quantitative estimate of drug-likeness (QED) is 0.712. The zero-order valence-corrected chi connectivity index (χ0v) is 18.9. The summed E-state index contributed by atoms with van der Waals surface area (Å²) in [5.41, 5.74) is 2.07. The lowest BCUT2D eigenvalue weighted by Crippen LogP contribution is -2.56. The van der Waals surface area contributed by atoms with Crippen LogP contribution < -0.4 is 5.32 Å². The SMILES string of the molecule is C=CCNC(=O)[C@@]1(Cc2cccc(-c3cccnc3)c2)CCCN(C(=O)C(C)(C)C)C1. The number of benzene rings is 1. The fourth-order valence-corrected chi connectivity index (χ4v) is 4.33. The fraction of sp³-hybridized carbons (Fsp3) is 0.423. The van der Waals surface area contributed by atoms with Crippen molar-refractivity contribution in [1.29, 1.82) is 0 Å². The van der Waals surface area contributed by atoms with Crippen LogP contribution >= 0.6 is 0 Å². The molecule has 3 rings (SSSR count). The summed E-state index contributed by atoms with van der Waals surface area (Å²) in [6.07, 6.45) is 7.44. The van der Waals surface area contributed by atoms with Crippen LogP contribution in [0.4, 0.5) is 0 Å². The number of nitrogens with one attached hydrogen (secondary N) is 1. The highest BCUT2D eigenvalue weighted by atomic mass is 16.2. The van der Waals surface area contributed by atoms with Crippen molar-refractivity contribution >= 4 is 11.8 Å². The Morgan fingerprint density at radius 1 is 1.23 bits per heavy atom. The standard InChI is InChI=1S/C26H33N3O2/c1-5-13-28-23(30)26(12-8-15-29(19-26)24(31)25(2,3)4)17-20-9-6-10-21(16-20)22-11-7-14-27-18-22/h5-7,9-11,14,16,18H,1,8,12-13,15,17,19H2,2-4H3,(H,28,30)/t26-/m1/s1. The molecular formula is C26H33N3O2. The highest BCUT2D eigenvalue weighted by molar-refractivity contribution is 5.86. The molecule has 5 nitrogen and oxygen atoms in total. The van der Waals surface area contributed by atoms with Gasteiger partial charge in [-0.1, -0.05) is 57.2 Å². The van der Waals surface area contributed by atoms with Crippen molar-refractivity contribution < 1.29 is 9.59 Å². The summed E-state index contributed by atoms with van der Waals surface area (Å²) in [6, 6.07) is 12.2. The van der Waals surface area contributed by atoms with Crippen molar-refractivity contribution in [2.75, 3.05) is 19.6 Å². The van der Waals surface area contributed by atoms with Crippen molar-refractivity contribution in [2.24, 2.45) is 10.8 Å². The van der Waals surface area contributed by atoms with Gasteiger partial charge in [0.25, 0.3) is 0 Å². The Kier molecular flexibility index (Phi) is 6.94. The summed E-state index contributed by atoms with van der Waals surface area (Å²) in [5, 5.41) is 3.00. The number of amides is 2. The van der Waals surface area contributed by atoms with Gasteiger partial charge < -0.3 is 10.2 Å². The van der Waals surface area contributed by atoms with Gasteiger partial charge in [-0.25, -0.2) is 0 Å². The molecule has 0 saturated carbocycles. The minimum absolute atomic E-state index is 0.00871. The van der Waals surface area contributed by atoms with E-state index in [1.165, 1.54) is 0 Å². The number of pyridine rings is 1. The van der Waals surface area contributed by atoms with Crippen LogP contribution in [-0.4, -0.2) is 41.3 Å². The summed E-state index contributed by atoms with van der Waals surface area (Å²) in [6.45, 7) is 11.1. The lowest BCUT2D eigenvalue weighted by molar-refractivity contribution is -0.147. The van der Waals surface area contributed by atoms with Crippen LogP contribution in [0, 0.1) is 10.8 Å². The number of likely N-dealkylation sites (tertiary alicyclic amines) is 1. The third-order valence-corrected chi connectivity index (χ3v) is 5.86. The molecule has 5 heteroatoms. The molecule has 1 aromatic heterocycles. The van der Waals surface area contributed by atoms with E-state index in [2.05, 4.69) is 35.1 Å². The maximum Gasteiger partial charge on any atom is 0.228 e. The molecule has 1 N–H and O–H groups in total. The zero-order chi connectivity index (χ0) is 22.5. The molecule has 1 aromatic carbocycles. The first-order chi connectivity index (χ1) is 14.7. The molecule has 164 valence electrons. The van der Waals surface area contributed by atoms with Gasteiger partial charge in [0.2, 0.25) is 11.8 Å². The third-order valence-electron chi connectivity index (χ3n) is 5.86. The van der Waals surface area contributed by atoms with Gasteiger partial charge in [-0.2, -0.15) is 0 Å². The number of hydrogen-bond donors (Lipinski definition) is 1. The minimum Gasteiger partial charge on any atom is -0.352 e. The number of aromatic nitrogens is 1. The van der Waals surface area contributed by atoms with E-state index < -0.39 is 10.8 Å². The number of carbonyl (C=O) groups is 2. The van der Waals surface area contributed by atoms with Crippen molar-refractivity contribution in [2.45, 2.75) is 40.0 Å². The van der Waals surface area contributed by atoms with Crippen molar-refractivity contribution in [3.8, 4) is 11.1 Å². The monoisotopic (exact) mass is 419 g/mol. The van der Waals surface area contributed by atoms with E-state index in [9.17, 15) is 9.59 Å². The van der Waals surface area contributed by atoms with Gasteiger partial charge in [0.1, 0.15) is 0 Å². The van der Waals surface area contributed by atoms with Gasteiger partial charge in [0, 0.05) is 37.4 Å². The predicted molar refractivity (Wildman–Crippen MR) is 124 cm³/mol. The molecule has 1 aliphatic heterocycles. The van der Waals surface area contributed by atoms with Gasteiger partial charge >= 0.3 is 0 Å². The minimum atomic E-state index is -0.657. The van der Waals surface area contributed by atoms with E-state index >= 15 is 0 Å². The number of nitrogens with zero attached hydrogens (tertiary/aromatic N) is 2. The molecule has 0 unspecified atom stereocenters. The summed E-state index contributed by atoms with van der Waals surface area (Å²) < 4.78 is 0. The van der Waals surface area contributed by atoms with E-state index in [4.69, 9.17) is 0 Å². The van der Waals surface area contributed by atoms with Crippen LogP contribution in [0.15, 0.2) is 61.4 Å². The molecule has 0 spiro atoms. The van der Waals surface area contributed by atoms with Gasteiger partial charge in [0.15, 0.2) is 0 Å². The second kappa shape index (κ2) is 9.46. The molecule has 1 atom stereocenters. The van der Waals surface area contributed by atoms with Gasteiger partial charge in [-0.3, -0.25) is 14.6 Å². The molecule has 1 saturated heterocycles. The Bertz CT molecular complexity index is 933. The van der Waals surface area contributed by atoms with Crippen LogP contribution in [0.1, 0.15) is 39.2 Å².